The van der Waals surface area contributed by atoms with E-state index in [2.05, 4.69) is 12.1 Å². The molecular weight excluding hydrogens is 185 g/mol. The number of rotatable bonds is 0. The summed E-state index contributed by atoms with van der Waals surface area (Å²) in [6.45, 7) is 1.58. The number of para-hydroxylation sites is 1. The van der Waals surface area contributed by atoms with Crippen LogP contribution in [0.25, 0.3) is 0 Å². The molecule has 1 aromatic rings. The Hall–Kier alpha value is -0.630. The third kappa shape index (κ3) is 1.01. The topological polar surface area (TPSA) is 32.7 Å². The van der Waals surface area contributed by atoms with E-state index < -0.39 is 8.53 Å². The van der Waals surface area contributed by atoms with Gasteiger partial charge in [-0.1, -0.05) is 18.2 Å². The van der Waals surface area contributed by atoms with Gasteiger partial charge in [0.15, 0.2) is 0 Å². The van der Waals surface area contributed by atoms with Gasteiger partial charge in [-0.3, -0.25) is 0 Å². The zero-order valence-electron chi connectivity index (χ0n) is 7.05. The molecule has 0 radical (unpaired) electrons. The minimum absolute atomic E-state index is 0.460. The van der Waals surface area contributed by atoms with Gasteiger partial charge in [-0.05, 0) is 11.6 Å². The summed E-state index contributed by atoms with van der Waals surface area (Å²) in [4.78, 5) is 9.61. The van der Waals surface area contributed by atoms with Crippen molar-refractivity contribution in [2.75, 3.05) is 17.8 Å². The highest BCUT2D eigenvalue weighted by molar-refractivity contribution is 7.48. The first-order valence-corrected chi connectivity index (χ1v) is 5.51. The molecule has 68 valence electrons. The molecule has 13 heavy (non-hydrogen) atoms. The Bertz CT molecular complexity index is 344. The van der Waals surface area contributed by atoms with E-state index in [9.17, 15) is 4.89 Å². The van der Waals surface area contributed by atoms with Crippen molar-refractivity contribution in [3.8, 4) is 0 Å². The van der Waals surface area contributed by atoms with Crippen LogP contribution in [-0.4, -0.2) is 18.0 Å². The molecule has 0 amide bonds. The molecular formula is C9H10NO2P. The van der Waals surface area contributed by atoms with Gasteiger partial charge in [0.25, 0.3) is 8.53 Å². The number of anilines is 1. The van der Waals surface area contributed by atoms with Crippen LogP contribution in [0.15, 0.2) is 24.3 Å². The quantitative estimate of drug-likeness (QED) is 0.641. The molecule has 0 aliphatic carbocycles. The van der Waals surface area contributed by atoms with Gasteiger partial charge in [-0.15, -0.1) is 0 Å². The number of hydrogen-bond donors (Lipinski definition) is 1. The second-order valence-corrected chi connectivity index (χ2v) is 4.63. The SMILES string of the molecule is OP1OC[C@@H]2CN1c1ccccc12. The van der Waals surface area contributed by atoms with Crippen LogP contribution in [0.1, 0.15) is 11.5 Å². The van der Waals surface area contributed by atoms with Gasteiger partial charge in [0, 0.05) is 18.2 Å². The summed E-state index contributed by atoms with van der Waals surface area (Å²) in [5.74, 6) is 0.460. The lowest BCUT2D eigenvalue weighted by molar-refractivity contribution is 0.271. The predicted molar refractivity (Wildman–Crippen MR) is 51.6 cm³/mol. The molecule has 4 heteroatoms. The number of hydrogen-bond acceptors (Lipinski definition) is 3. The summed E-state index contributed by atoms with van der Waals surface area (Å²) in [5, 5.41) is 0. The third-order valence-electron chi connectivity index (χ3n) is 2.65. The summed E-state index contributed by atoms with van der Waals surface area (Å²) >= 11 is 0. The molecule has 2 aliphatic rings. The maximum absolute atomic E-state index is 9.61. The van der Waals surface area contributed by atoms with Crippen molar-refractivity contribution >= 4 is 14.2 Å². The van der Waals surface area contributed by atoms with E-state index in [4.69, 9.17) is 4.52 Å². The Labute approximate surface area is 77.9 Å². The summed E-state index contributed by atoms with van der Waals surface area (Å²) in [7, 11) is -1.37. The lowest BCUT2D eigenvalue weighted by Crippen LogP contribution is -2.24. The van der Waals surface area contributed by atoms with E-state index in [-0.39, 0.29) is 0 Å². The van der Waals surface area contributed by atoms with Crippen LogP contribution in [0.5, 0.6) is 0 Å². The smallest absolute Gasteiger partial charge is 0.287 e. The maximum Gasteiger partial charge on any atom is 0.287 e. The molecule has 2 atom stereocenters. The molecule has 0 spiro atoms. The van der Waals surface area contributed by atoms with E-state index in [1.54, 1.807) is 0 Å². The first kappa shape index (κ1) is 7.74. The second kappa shape index (κ2) is 2.68. The van der Waals surface area contributed by atoms with Crippen molar-refractivity contribution in [2.45, 2.75) is 5.92 Å². The summed E-state index contributed by atoms with van der Waals surface area (Å²) in [6.07, 6.45) is 0. The van der Waals surface area contributed by atoms with Gasteiger partial charge < -0.3 is 14.1 Å². The average Bonchev–Trinajstić information content (AvgIpc) is 2.48. The molecule has 1 N–H and O–H groups in total. The van der Waals surface area contributed by atoms with Crippen molar-refractivity contribution in [3.63, 3.8) is 0 Å². The molecule has 2 aliphatic heterocycles. The highest BCUT2D eigenvalue weighted by Gasteiger charge is 2.38. The van der Waals surface area contributed by atoms with Crippen molar-refractivity contribution in [1.29, 1.82) is 0 Å². The van der Waals surface area contributed by atoms with E-state index in [0.29, 0.717) is 12.5 Å². The van der Waals surface area contributed by atoms with Crippen LogP contribution in [-0.2, 0) is 4.52 Å². The molecule has 1 saturated heterocycles. The molecule has 0 aromatic heterocycles. The molecule has 2 heterocycles. The lowest BCUT2D eigenvalue weighted by atomic mass is 10.0. The van der Waals surface area contributed by atoms with E-state index >= 15 is 0 Å². The summed E-state index contributed by atoms with van der Waals surface area (Å²) < 4.78 is 7.26. The minimum atomic E-state index is -1.37. The Kier molecular flexibility index (Phi) is 1.59. The van der Waals surface area contributed by atoms with E-state index in [1.807, 2.05) is 16.8 Å². The maximum atomic E-state index is 9.61. The van der Waals surface area contributed by atoms with Crippen molar-refractivity contribution in [1.82, 2.24) is 0 Å². The fraction of sp³-hybridized carbons (Fsp3) is 0.333. The fourth-order valence-electron chi connectivity index (χ4n) is 2.00. The number of nitrogens with zero attached hydrogens (tertiary/aromatic N) is 1. The molecule has 1 unspecified atom stereocenters. The first-order valence-electron chi connectivity index (χ1n) is 4.34. The molecule has 1 aromatic carbocycles. The van der Waals surface area contributed by atoms with Gasteiger partial charge >= 0.3 is 0 Å². The van der Waals surface area contributed by atoms with Crippen LogP contribution in [0.3, 0.4) is 0 Å². The van der Waals surface area contributed by atoms with Gasteiger partial charge in [0.1, 0.15) is 0 Å². The largest absolute Gasteiger partial charge is 0.333 e. The van der Waals surface area contributed by atoms with Crippen molar-refractivity contribution in [3.05, 3.63) is 29.8 Å². The van der Waals surface area contributed by atoms with Gasteiger partial charge in [-0.2, -0.15) is 0 Å². The Morgan fingerprint density at radius 3 is 3.23 bits per heavy atom. The number of benzene rings is 1. The summed E-state index contributed by atoms with van der Waals surface area (Å²) in [5.41, 5.74) is 2.47. The molecule has 1 fully saturated rings. The second-order valence-electron chi connectivity index (χ2n) is 3.39. The van der Waals surface area contributed by atoms with Gasteiger partial charge in [-0.25, -0.2) is 0 Å². The molecule has 3 nitrogen and oxygen atoms in total. The highest BCUT2D eigenvalue weighted by atomic mass is 31.2. The monoisotopic (exact) mass is 195 g/mol. The third-order valence-corrected chi connectivity index (χ3v) is 3.82. The molecule has 3 rings (SSSR count). The van der Waals surface area contributed by atoms with Crippen LogP contribution < -0.4 is 4.67 Å². The zero-order valence-corrected chi connectivity index (χ0v) is 7.95. The summed E-state index contributed by atoms with van der Waals surface area (Å²) in [6, 6.07) is 8.22. The predicted octanol–water partition coefficient (Wildman–Crippen LogP) is 1.84. The Morgan fingerprint density at radius 2 is 2.31 bits per heavy atom. The van der Waals surface area contributed by atoms with Gasteiger partial charge in [0.05, 0.1) is 6.61 Å². The zero-order chi connectivity index (χ0) is 8.84. The fourth-order valence-corrected chi connectivity index (χ4v) is 3.16. The Balaban J connectivity index is 2.13. The van der Waals surface area contributed by atoms with E-state index in [0.717, 1.165) is 12.2 Å². The standard InChI is InChI=1S/C9H10NO2P/c11-13-10-5-7(6-12-13)8-3-1-2-4-9(8)10/h1-4,7,11H,5-6H2/t7-,13?/m0/s1. The van der Waals surface area contributed by atoms with Crippen LogP contribution in [0, 0.1) is 0 Å². The first-order chi connectivity index (χ1) is 6.36. The average molecular weight is 195 g/mol. The minimum Gasteiger partial charge on any atom is -0.333 e. The van der Waals surface area contributed by atoms with Crippen LogP contribution in [0.2, 0.25) is 0 Å². The van der Waals surface area contributed by atoms with Crippen LogP contribution >= 0.6 is 8.53 Å². The van der Waals surface area contributed by atoms with Crippen molar-refractivity contribution in [2.24, 2.45) is 0 Å². The Morgan fingerprint density at radius 1 is 1.46 bits per heavy atom. The normalized spacial score (nSPS) is 30.4. The van der Waals surface area contributed by atoms with Crippen LogP contribution in [0.4, 0.5) is 5.69 Å². The van der Waals surface area contributed by atoms with E-state index in [1.165, 1.54) is 5.56 Å². The lowest BCUT2D eigenvalue weighted by Gasteiger charge is -2.28. The number of fused-ring (bicyclic) bond motifs is 5. The highest BCUT2D eigenvalue weighted by Crippen LogP contribution is 2.53. The molecule has 0 saturated carbocycles. The molecule has 2 bridgehead atoms. The van der Waals surface area contributed by atoms with Gasteiger partial charge in [0.2, 0.25) is 0 Å². The van der Waals surface area contributed by atoms with Crippen molar-refractivity contribution < 1.29 is 9.42 Å².